The lowest BCUT2D eigenvalue weighted by Crippen LogP contribution is -2.46. The molecule has 0 heterocycles. The van der Waals surface area contributed by atoms with Crippen molar-refractivity contribution in [2.75, 3.05) is 13.1 Å². The Hall–Kier alpha value is -1.39. The zero-order valence-corrected chi connectivity index (χ0v) is 14.4. The quantitative estimate of drug-likeness (QED) is 0.813. The van der Waals surface area contributed by atoms with Crippen LogP contribution in [0.5, 0.6) is 0 Å². The van der Waals surface area contributed by atoms with Crippen LogP contribution in [0.2, 0.25) is 0 Å². The summed E-state index contributed by atoms with van der Waals surface area (Å²) in [4.78, 5) is 14.6. The highest BCUT2D eigenvalue weighted by molar-refractivity contribution is 5.78. The lowest BCUT2D eigenvalue weighted by Gasteiger charge is -2.34. The molecule has 2 rings (SSSR count). The fourth-order valence-electron chi connectivity index (χ4n) is 3.42. The van der Waals surface area contributed by atoms with Gasteiger partial charge in [0, 0.05) is 12.6 Å². The molecule has 0 spiro atoms. The second-order valence-electron chi connectivity index (χ2n) is 6.77. The highest BCUT2D eigenvalue weighted by atomic mass is 16.3. The Balaban J connectivity index is 1.91. The minimum atomic E-state index is -0.406. The number of aliphatic hydroxyl groups is 1. The van der Waals surface area contributed by atoms with Crippen LogP contribution in [0.1, 0.15) is 57.6 Å². The Kier molecular flexibility index (Phi) is 7.06. The van der Waals surface area contributed by atoms with Crippen molar-refractivity contribution < 1.29 is 9.90 Å². The third-order valence-corrected chi connectivity index (χ3v) is 4.61. The van der Waals surface area contributed by atoms with E-state index in [9.17, 15) is 9.90 Å². The van der Waals surface area contributed by atoms with Crippen molar-refractivity contribution in [1.82, 2.24) is 10.2 Å². The monoisotopic (exact) mass is 318 g/mol. The lowest BCUT2D eigenvalue weighted by molar-refractivity contribution is -0.124. The van der Waals surface area contributed by atoms with Crippen LogP contribution in [-0.4, -0.2) is 41.1 Å². The summed E-state index contributed by atoms with van der Waals surface area (Å²) >= 11 is 0. The zero-order valence-electron chi connectivity index (χ0n) is 14.4. The SMILES string of the molecule is CC(O)CN(CC(=O)NC(C)c1ccccc1)C1CCCCC1. The Labute approximate surface area is 139 Å². The Morgan fingerprint density at radius 1 is 1.22 bits per heavy atom. The number of carbonyl (C=O) groups is 1. The number of carbonyl (C=O) groups excluding carboxylic acids is 1. The van der Waals surface area contributed by atoms with E-state index in [4.69, 9.17) is 0 Å². The molecule has 0 aromatic heterocycles. The molecule has 2 unspecified atom stereocenters. The van der Waals surface area contributed by atoms with E-state index in [0.717, 1.165) is 18.4 Å². The van der Waals surface area contributed by atoms with Crippen LogP contribution < -0.4 is 5.32 Å². The van der Waals surface area contributed by atoms with E-state index >= 15 is 0 Å². The van der Waals surface area contributed by atoms with Crippen LogP contribution in [0.15, 0.2) is 30.3 Å². The first-order valence-corrected chi connectivity index (χ1v) is 8.82. The van der Waals surface area contributed by atoms with E-state index in [-0.39, 0.29) is 11.9 Å². The van der Waals surface area contributed by atoms with Crippen LogP contribution in [0, 0.1) is 0 Å². The second kappa shape index (κ2) is 9.04. The van der Waals surface area contributed by atoms with Crippen molar-refractivity contribution in [2.24, 2.45) is 0 Å². The zero-order chi connectivity index (χ0) is 16.7. The fraction of sp³-hybridized carbons (Fsp3) is 0.632. The van der Waals surface area contributed by atoms with Gasteiger partial charge in [0.25, 0.3) is 0 Å². The molecule has 4 nitrogen and oxygen atoms in total. The minimum absolute atomic E-state index is 0.00320. The van der Waals surface area contributed by atoms with Crippen molar-refractivity contribution in [1.29, 1.82) is 0 Å². The summed E-state index contributed by atoms with van der Waals surface area (Å²) in [6.45, 7) is 4.73. The van der Waals surface area contributed by atoms with Gasteiger partial charge < -0.3 is 10.4 Å². The van der Waals surface area contributed by atoms with Crippen molar-refractivity contribution in [2.45, 2.75) is 64.1 Å². The van der Waals surface area contributed by atoms with Crippen LogP contribution >= 0.6 is 0 Å². The molecule has 1 aromatic carbocycles. The fourth-order valence-corrected chi connectivity index (χ4v) is 3.42. The number of rotatable bonds is 7. The van der Waals surface area contributed by atoms with Gasteiger partial charge in [-0.05, 0) is 32.3 Å². The lowest BCUT2D eigenvalue weighted by atomic mass is 9.94. The van der Waals surface area contributed by atoms with E-state index in [1.807, 2.05) is 37.3 Å². The van der Waals surface area contributed by atoms with Gasteiger partial charge in [0.05, 0.1) is 18.7 Å². The number of hydrogen-bond acceptors (Lipinski definition) is 3. The van der Waals surface area contributed by atoms with Gasteiger partial charge in [0.15, 0.2) is 0 Å². The molecular weight excluding hydrogens is 288 g/mol. The molecule has 128 valence electrons. The minimum Gasteiger partial charge on any atom is -0.392 e. The molecule has 1 aliphatic carbocycles. The first kappa shape index (κ1) is 18.0. The predicted molar refractivity (Wildman–Crippen MR) is 93.1 cm³/mol. The average Bonchev–Trinajstić information content (AvgIpc) is 2.55. The molecule has 4 heteroatoms. The summed E-state index contributed by atoms with van der Waals surface area (Å²) in [5, 5.41) is 12.8. The van der Waals surface area contributed by atoms with E-state index in [1.54, 1.807) is 6.92 Å². The largest absolute Gasteiger partial charge is 0.392 e. The van der Waals surface area contributed by atoms with Crippen molar-refractivity contribution in [3.8, 4) is 0 Å². The molecule has 1 amide bonds. The third kappa shape index (κ3) is 5.96. The summed E-state index contributed by atoms with van der Waals surface area (Å²) < 4.78 is 0. The molecule has 1 saturated carbocycles. The van der Waals surface area contributed by atoms with Crippen LogP contribution in [-0.2, 0) is 4.79 Å². The average molecular weight is 318 g/mol. The molecule has 0 radical (unpaired) electrons. The number of aliphatic hydroxyl groups excluding tert-OH is 1. The Morgan fingerprint density at radius 2 is 1.87 bits per heavy atom. The predicted octanol–water partition coefficient (Wildman–Crippen LogP) is 2.88. The van der Waals surface area contributed by atoms with Gasteiger partial charge in [-0.25, -0.2) is 0 Å². The number of nitrogens with one attached hydrogen (secondary N) is 1. The standard InChI is InChI=1S/C19H30N2O2/c1-15(22)13-21(18-11-7-4-8-12-18)14-19(23)20-16(2)17-9-5-3-6-10-17/h3,5-6,9-10,15-16,18,22H,4,7-8,11-14H2,1-2H3,(H,20,23). The van der Waals surface area contributed by atoms with Gasteiger partial charge in [0.1, 0.15) is 0 Å². The number of benzene rings is 1. The van der Waals surface area contributed by atoms with Gasteiger partial charge in [-0.15, -0.1) is 0 Å². The van der Waals surface area contributed by atoms with Crippen LogP contribution in [0.25, 0.3) is 0 Å². The molecule has 1 fully saturated rings. The first-order valence-electron chi connectivity index (χ1n) is 8.82. The smallest absolute Gasteiger partial charge is 0.234 e. The molecule has 0 saturated heterocycles. The second-order valence-corrected chi connectivity index (χ2v) is 6.77. The molecule has 1 aliphatic rings. The maximum absolute atomic E-state index is 12.4. The van der Waals surface area contributed by atoms with E-state index in [2.05, 4.69) is 10.2 Å². The van der Waals surface area contributed by atoms with E-state index in [1.165, 1.54) is 19.3 Å². The van der Waals surface area contributed by atoms with E-state index in [0.29, 0.717) is 19.1 Å². The maximum Gasteiger partial charge on any atom is 0.234 e. The Bertz CT molecular complexity index is 470. The Morgan fingerprint density at radius 3 is 2.48 bits per heavy atom. The number of amides is 1. The van der Waals surface area contributed by atoms with Gasteiger partial charge in [-0.2, -0.15) is 0 Å². The number of hydrogen-bond donors (Lipinski definition) is 2. The van der Waals surface area contributed by atoms with Crippen LogP contribution in [0.3, 0.4) is 0 Å². The van der Waals surface area contributed by atoms with E-state index < -0.39 is 6.10 Å². The summed E-state index contributed by atoms with van der Waals surface area (Å²) in [7, 11) is 0. The molecule has 2 N–H and O–H groups in total. The van der Waals surface area contributed by atoms with Crippen molar-refractivity contribution in [3.63, 3.8) is 0 Å². The molecular formula is C19H30N2O2. The molecule has 23 heavy (non-hydrogen) atoms. The summed E-state index contributed by atoms with van der Waals surface area (Å²) in [6, 6.07) is 10.4. The van der Waals surface area contributed by atoms with Gasteiger partial charge in [-0.3, -0.25) is 9.69 Å². The highest BCUT2D eigenvalue weighted by Gasteiger charge is 2.24. The van der Waals surface area contributed by atoms with Gasteiger partial charge in [0.2, 0.25) is 5.91 Å². The highest BCUT2D eigenvalue weighted by Crippen LogP contribution is 2.22. The topological polar surface area (TPSA) is 52.6 Å². The molecule has 0 aliphatic heterocycles. The van der Waals surface area contributed by atoms with Gasteiger partial charge in [-0.1, -0.05) is 49.6 Å². The molecule has 0 bridgehead atoms. The summed E-state index contributed by atoms with van der Waals surface area (Å²) in [5.74, 6) is 0.0348. The third-order valence-electron chi connectivity index (χ3n) is 4.61. The normalized spacial score (nSPS) is 18.6. The molecule has 1 aromatic rings. The van der Waals surface area contributed by atoms with Crippen LogP contribution in [0.4, 0.5) is 0 Å². The van der Waals surface area contributed by atoms with Crippen molar-refractivity contribution in [3.05, 3.63) is 35.9 Å². The summed E-state index contributed by atoms with van der Waals surface area (Å²) in [6.07, 6.45) is 5.60. The maximum atomic E-state index is 12.4. The van der Waals surface area contributed by atoms with Gasteiger partial charge >= 0.3 is 0 Å². The van der Waals surface area contributed by atoms with Crippen molar-refractivity contribution >= 4 is 5.91 Å². The number of nitrogens with zero attached hydrogens (tertiary/aromatic N) is 1. The molecule has 2 atom stereocenters. The first-order chi connectivity index (χ1) is 11.1. The summed E-state index contributed by atoms with van der Waals surface area (Å²) in [5.41, 5.74) is 1.11.